The number of nitrogens with one attached hydrogen (secondary N) is 1. The Morgan fingerprint density at radius 1 is 0.962 bits per heavy atom. The fraction of sp³-hybridized carbons (Fsp3) is 0.0952. The van der Waals surface area contributed by atoms with Crippen LogP contribution in [0.5, 0.6) is 0 Å². The van der Waals surface area contributed by atoms with Crippen molar-refractivity contribution in [3.05, 3.63) is 90.1 Å². The molecule has 130 valence electrons. The molecule has 0 aliphatic heterocycles. The van der Waals surface area contributed by atoms with Crippen molar-refractivity contribution in [3.8, 4) is 11.3 Å². The number of carbonyl (C=O) groups is 2. The molecule has 1 amide bonds. The van der Waals surface area contributed by atoms with E-state index in [4.69, 9.17) is 4.74 Å². The summed E-state index contributed by atoms with van der Waals surface area (Å²) in [5.74, 6) is -0.897. The van der Waals surface area contributed by atoms with Crippen LogP contribution in [0.4, 0.5) is 0 Å². The van der Waals surface area contributed by atoms with Gasteiger partial charge in [-0.15, -0.1) is 0 Å². The molecule has 3 aromatic rings. The van der Waals surface area contributed by atoms with Crippen LogP contribution in [0.25, 0.3) is 11.3 Å². The predicted molar refractivity (Wildman–Crippen MR) is 98.3 cm³/mol. The highest BCUT2D eigenvalue weighted by molar-refractivity contribution is 5.97. The lowest BCUT2D eigenvalue weighted by Crippen LogP contribution is -2.34. The van der Waals surface area contributed by atoms with Crippen LogP contribution < -0.4 is 5.32 Å². The van der Waals surface area contributed by atoms with Gasteiger partial charge in [0.05, 0.1) is 12.8 Å². The average molecular weight is 346 g/mol. The molecule has 1 heterocycles. The minimum atomic E-state index is -0.873. The quantitative estimate of drug-likeness (QED) is 0.719. The Morgan fingerprint density at radius 2 is 1.62 bits per heavy atom. The number of aromatic nitrogens is 1. The highest BCUT2D eigenvalue weighted by atomic mass is 16.5. The SMILES string of the molecule is COC(=O)[C@H](NC(=O)c1ccnc(-c2ccccc2)c1)c1ccccc1. The summed E-state index contributed by atoms with van der Waals surface area (Å²) < 4.78 is 4.83. The van der Waals surface area contributed by atoms with Crippen molar-refractivity contribution in [2.45, 2.75) is 6.04 Å². The van der Waals surface area contributed by atoms with Crippen molar-refractivity contribution in [3.63, 3.8) is 0 Å². The molecule has 0 fully saturated rings. The lowest BCUT2D eigenvalue weighted by Gasteiger charge is -2.17. The lowest BCUT2D eigenvalue weighted by molar-refractivity contribution is -0.143. The van der Waals surface area contributed by atoms with Gasteiger partial charge in [0, 0.05) is 17.3 Å². The van der Waals surface area contributed by atoms with Crippen LogP contribution in [-0.2, 0) is 9.53 Å². The topological polar surface area (TPSA) is 68.3 Å². The smallest absolute Gasteiger partial charge is 0.333 e. The highest BCUT2D eigenvalue weighted by Gasteiger charge is 2.24. The molecule has 0 spiro atoms. The third-order valence-electron chi connectivity index (χ3n) is 3.94. The number of pyridine rings is 1. The molecule has 1 atom stereocenters. The van der Waals surface area contributed by atoms with Gasteiger partial charge in [-0.1, -0.05) is 60.7 Å². The van der Waals surface area contributed by atoms with Gasteiger partial charge in [-0.05, 0) is 17.7 Å². The van der Waals surface area contributed by atoms with E-state index < -0.39 is 12.0 Å². The maximum atomic E-state index is 12.7. The second kappa shape index (κ2) is 8.07. The van der Waals surface area contributed by atoms with E-state index in [2.05, 4.69) is 10.3 Å². The fourth-order valence-electron chi connectivity index (χ4n) is 2.59. The van der Waals surface area contributed by atoms with Crippen molar-refractivity contribution in [1.82, 2.24) is 10.3 Å². The number of benzene rings is 2. The number of hydrogen-bond acceptors (Lipinski definition) is 4. The molecule has 1 N–H and O–H groups in total. The van der Waals surface area contributed by atoms with Crippen LogP contribution >= 0.6 is 0 Å². The van der Waals surface area contributed by atoms with Gasteiger partial charge in [0.1, 0.15) is 0 Å². The van der Waals surface area contributed by atoms with E-state index in [1.54, 1.807) is 42.6 Å². The number of rotatable bonds is 5. The summed E-state index contributed by atoms with van der Waals surface area (Å²) in [5.41, 5.74) is 2.68. The zero-order valence-corrected chi connectivity index (χ0v) is 14.3. The van der Waals surface area contributed by atoms with Crippen LogP contribution in [0.1, 0.15) is 22.0 Å². The van der Waals surface area contributed by atoms with E-state index >= 15 is 0 Å². The number of carbonyl (C=O) groups excluding carboxylic acids is 2. The summed E-state index contributed by atoms with van der Waals surface area (Å²) >= 11 is 0. The Bertz CT molecular complexity index is 895. The monoisotopic (exact) mass is 346 g/mol. The molecule has 0 radical (unpaired) electrons. The first-order valence-corrected chi connectivity index (χ1v) is 8.14. The lowest BCUT2D eigenvalue weighted by atomic mass is 10.1. The molecule has 5 nitrogen and oxygen atoms in total. The highest BCUT2D eigenvalue weighted by Crippen LogP contribution is 2.19. The molecule has 26 heavy (non-hydrogen) atoms. The molecule has 1 aromatic heterocycles. The largest absolute Gasteiger partial charge is 0.467 e. The third kappa shape index (κ3) is 3.95. The summed E-state index contributed by atoms with van der Waals surface area (Å²) in [5, 5.41) is 2.74. The molecule has 0 bridgehead atoms. The molecule has 0 saturated heterocycles. The van der Waals surface area contributed by atoms with E-state index in [-0.39, 0.29) is 5.91 Å². The second-order valence-electron chi connectivity index (χ2n) is 5.64. The number of esters is 1. The van der Waals surface area contributed by atoms with Crippen molar-refractivity contribution >= 4 is 11.9 Å². The fourth-order valence-corrected chi connectivity index (χ4v) is 2.59. The summed E-state index contributed by atoms with van der Waals surface area (Å²) in [4.78, 5) is 29.1. The molecule has 3 rings (SSSR count). The summed E-state index contributed by atoms with van der Waals surface area (Å²) in [7, 11) is 1.30. The van der Waals surface area contributed by atoms with Gasteiger partial charge in [0.2, 0.25) is 0 Å². The minimum absolute atomic E-state index is 0.371. The Morgan fingerprint density at radius 3 is 2.27 bits per heavy atom. The maximum absolute atomic E-state index is 12.7. The minimum Gasteiger partial charge on any atom is -0.467 e. The molecular weight excluding hydrogens is 328 g/mol. The first kappa shape index (κ1) is 17.4. The van der Waals surface area contributed by atoms with Crippen molar-refractivity contribution in [2.75, 3.05) is 7.11 Å². The molecule has 2 aromatic carbocycles. The van der Waals surface area contributed by atoms with Gasteiger partial charge in [0.25, 0.3) is 5.91 Å². The van der Waals surface area contributed by atoms with Gasteiger partial charge in [-0.25, -0.2) is 4.79 Å². The predicted octanol–water partition coefficient (Wildman–Crippen LogP) is 3.39. The normalized spacial score (nSPS) is 11.4. The number of amides is 1. The number of ether oxygens (including phenoxy) is 1. The molecule has 0 saturated carbocycles. The summed E-state index contributed by atoms with van der Waals surface area (Å²) in [6.45, 7) is 0. The number of methoxy groups -OCH3 is 1. The summed E-state index contributed by atoms with van der Waals surface area (Å²) in [6, 6.07) is 21.0. The standard InChI is InChI=1S/C21H18N2O3/c1-26-21(25)19(16-10-6-3-7-11-16)23-20(24)17-12-13-22-18(14-17)15-8-4-2-5-9-15/h2-14,19H,1H3,(H,23,24)/t19-/m1/s1. The zero-order chi connectivity index (χ0) is 18.4. The molecular formula is C21H18N2O3. The van der Waals surface area contributed by atoms with Gasteiger partial charge in [-0.2, -0.15) is 0 Å². The van der Waals surface area contributed by atoms with Crippen LogP contribution in [0.15, 0.2) is 79.0 Å². The average Bonchev–Trinajstić information content (AvgIpc) is 2.72. The first-order chi connectivity index (χ1) is 12.7. The van der Waals surface area contributed by atoms with Crippen LogP contribution in [0.3, 0.4) is 0 Å². The first-order valence-electron chi connectivity index (χ1n) is 8.14. The van der Waals surface area contributed by atoms with E-state index in [0.29, 0.717) is 16.8 Å². The van der Waals surface area contributed by atoms with Crippen molar-refractivity contribution in [1.29, 1.82) is 0 Å². The molecule has 5 heteroatoms. The Hall–Kier alpha value is -3.47. The Kier molecular flexibility index (Phi) is 5.39. The zero-order valence-electron chi connectivity index (χ0n) is 14.3. The van der Waals surface area contributed by atoms with Crippen LogP contribution in [0.2, 0.25) is 0 Å². The van der Waals surface area contributed by atoms with Crippen LogP contribution in [0, 0.1) is 0 Å². The van der Waals surface area contributed by atoms with Gasteiger partial charge < -0.3 is 10.1 Å². The van der Waals surface area contributed by atoms with Gasteiger partial charge in [0.15, 0.2) is 6.04 Å². The molecule has 0 aliphatic carbocycles. The number of hydrogen-bond donors (Lipinski definition) is 1. The summed E-state index contributed by atoms with van der Waals surface area (Å²) in [6.07, 6.45) is 1.58. The van der Waals surface area contributed by atoms with Gasteiger partial charge in [-0.3, -0.25) is 9.78 Å². The molecule has 0 aliphatic rings. The van der Waals surface area contributed by atoms with E-state index in [9.17, 15) is 9.59 Å². The second-order valence-corrected chi connectivity index (χ2v) is 5.64. The van der Waals surface area contributed by atoms with Crippen LogP contribution in [-0.4, -0.2) is 24.0 Å². The molecule has 0 unspecified atom stereocenters. The van der Waals surface area contributed by atoms with Gasteiger partial charge >= 0.3 is 5.97 Å². The van der Waals surface area contributed by atoms with Crippen molar-refractivity contribution < 1.29 is 14.3 Å². The maximum Gasteiger partial charge on any atom is 0.333 e. The number of nitrogens with zero attached hydrogens (tertiary/aromatic N) is 1. The Labute approximate surface area is 151 Å². The third-order valence-corrected chi connectivity index (χ3v) is 3.94. The Balaban J connectivity index is 1.85. The van der Waals surface area contributed by atoms with E-state index in [1.807, 2.05) is 36.4 Å². The van der Waals surface area contributed by atoms with Crippen molar-refractivity contribution in [2.24, 2.45) is 0 Å². The van der Waals surface area contributed by atoms with E-state index in [1.165, 1.54) is 7.11 Å². The van der Waals surface area contributed by atoms with E-state index in [0.717, 1.165) is 5.56 Å².